The molecule has 19 heavy (non-hydrogen) atoms. The Morgan fingerprint density at radius 1 is 1.37 bits per heavy atom. The summed E-state index contributed by atoms with van der Waals surface area (Å²) in [5.41, 5.74) is 5.16. The molecular weight excluding hydrogens is 244 g/mol. The lowest BCUT2D eigenvalue weighted by molar-refractivity contribution is -0.00314. The summed E-state index contributed by atoms with van der Waals surface area (Å²) in [5, 5.41) is 0. The molecule has 0 spiro atoms. The maximum atomic E-state index is 11.9. The maximum Gasteiger partial charge on any atom is 0.410 e. The van der Waals surface area contributed by atoms with Gasteiger partial charge in [0.15, 0.2) is 0 Å². The third-order valence-corrected chi connectivity index (χ3v) is 3.47. The van der Waals surface area contributed by atoms with Gasteiger partial charge in [0.05, 0.1) is 6.10 Å². The summed E-state index contributed by atoms with van der Waals surface area (Å²) < 4.78 is 10.9. The van der Waals surface area contributed by atoms with Crippen LogP contribution in [-0.2, 0) is 9.47 Å². The Kier molecular flexibility index (Phi) is 6.07. The Hall–Kier alpha value is -0.810. The predicted molar refractivity (Wildman–Crippen MR) is 75.0 cm³/mol. The zero-order valence-corrected chi connectivity index (χ0v) is 12.6. The van der Waals surface area contributed by atoms with Crippen molar-refractivity contribution >= 4 is 6.09 Å². The molecule has 1 aliphatic rings. The summed E-state index contributed by atoms with van der Waals surface area (Å²) in [6, 6.07) is 0. The Bertz CT molecular complexity index is 281. The van der Waals surface area contributed by atoms with Crippen LogP contribution in [0.25, 0.3) is 0 Å². The molecule has 0 aliphatic carbocycles. The van der Waals surface area contributed by atoms with Crippen molar-refractivity contribution in [2.24, 2.45) is 11.7 Å². The number of rotatable bonds is 4. The van der Waals surface area contributed by atoms with Crippen molar-refractivity contribution in [3.05, 3.63) is 0 Å². The van der Waals surface area contributed by atoms with Gasteiger partial charge in [-0.15, -0.1) is 0 Å². The molecule has 0 radical (unpaired) electrons. The van der Waals surface area contributed by atoms with E-state index in [1.165, 1.54) is 0 Å². The fourth-order valence-corrected chi connectivity index (χ4v) is 2.49. The van der Waals surface area contributed by atoms with Crippen LogP contribution >= 0.6 is 0 Å². The quantitative estimate of drug-likeness (QED) is 0.850. The van der Waals surface area contributed by atoms with E-state index in [1.807, 2.05) is 20.8 Å². The van der Waals surface area contributed by atoms with Gasteiger partial charge in [-0.3, -0.25) is 0 Å². The number of carbonyl (C=O) groups is 1. The van der Waals surface area contributed by atoms with Crippen molar-refractivity contribution in [3.8, 4) is 0 Å². The number of likely N-dealkylation sites (tertiary alicyclic amines) is 1. The number of methoxy groups -OCH3 is 1. The molecule has 1 atom stereocenters. The summed E-state index contributed by atoms with van der Waals surface area (Å²) >= 11 is 0. The lowest BCUT2D eigenvalue weighted by Crippen LogP contribution is -2.44. The number of hydrogen-bond acceptors (Lipinski definition) is 4. The summed E-state index contributed by atoms with van der Waals surface area (Å²) in [5.74, 6) is 0.493. The second-order valence-electron chi connectivity index (χ2n) is 6.16. The van der Waals surface area contributed by atoms with E-state index in [0.29, 0.717) is 12.5 Å². The van der Waals surface area contributed by atoms with Crippen molar-refractivity contribution in [2.45, 2.75) is 51.7 Å². The van der Waals surface area contributed by atoms with E-state index < -0.39 is 5.60 Å². The van der Waals surface area contributed by atoms with Crippen LogP contribution in [0.2, 0.25) is 0 Å². The largest absolute Gasteiger partial charge is 0.444 e. The van der Waals surface area contributed by atoms with E-state index in [0.717, 1.165) is 32.4 Å². The number of amides is 1. The average molecular weight is 272 g/mol. The Balaban J connectivity index is 2.42. The SMILES string of the molecule is COC(CCN)C1CCN(C(=O)OC(C)(C)C)CC1. The monoisotopic (exact) mass is 272 g/mol. The molecule has 112 valence electrons. The minimum Gasteiger partial charge on any atom is -0.444 e. The Morgan fingerprint density at radius 3 is 2.37 bits per heavy atom. The van der Waals surface area contributed by atoms with Crippen LogP contribution in [0.15, 0.2) is 0 Å². The van der Waals surface area contributed by atoms with Crippen LogP contribution in [0.5, 0.6) is 0 Å². The molecule has 1 fully saturated rings. The third-order valence-electron chi connectivity index (χ3n) is 3.47. The fraction of sp³-hybridized carbons (Fsp3) is 0.929. The normalized spacial score (nSPS) is 19.3. The zero-order valence-electron chi connectivity index (χ0n) is 12.6. The average Bonchev–Trinajstić information content (AvgIpc) is 2.34. The molecule has 0 aromatic carbocycles. The zero-order chi connectivity index (χ0) is 14.5. The van der Waals surface area contributed by atoms with Crippen molar-refractivity contribution in [2.75, 3.05) is 26.7 Å². The van der Waals surface area contributed by atoms with Crippen LogP contribution in [0, 0.1) is 5.92 Å². The van der Waals surface area contributed by atoms with Gasteiger partial charge in [0.2, 0.25) is 0 Å². The summed E-state index contributed by atoms with van der Waals surface area (Å²) in [4.78, 5) is 13.7. The standard InChI is InChI=1S/C14H28N2O3/c1-14(2,3)19-13(17)16-9-6-11(7-10-16)12(18-4)5-8-15/h11-12H,5-10,15H2,1-4H3. The highest BCUT2D eigenvalue weighted by molar-refractivity contribution is 5.68. The van der Waals surface area contributed by atoms with Gasteiger partial charge in [0.1, 0.15) is 5.60 Å². The molecule has 0 aromatic rings. The molecule has 1 unspecified atom stereocenters. The molecule has 1 rings (SSSR count). The van der Waals surface area contributed by atoms with Crippen molar-refractivity contribution in [3.63, 3.8) is 0 Å². The van der Waals surface area contributed by atoms with Gasteiger partial charge >= 0.3 is 6.09 Å². The first kappa shape index (κ1) is 16.2. The number of ether oxygens (including phenoxy) is 2. The minimum absolute atomic E-state index is 0.209. The number of nitrogens with two attached hydrogens (primary N) is 1. The van der Waals surface area contributed by atoms with E-state index in [-0.39, 0.29) is 12.2 Å². The number of nitrogens with zero attached hydrogens (tertiary/aromatic N) is 1. The highest BCUT2D eigenvalue weighted by Gasteiger charge is 2.30. The van der Waals surface area contributed by atoms with Gasteiger partial charge < -0.3 is 20.1 Å². The second-order valence-corrected chi connectivity index (χ2v) is 6.16. The van der Waals surface area contributed by atoms with Crippen molar-refractivity contribution < 1.29 is 14.3 Å². The number of piperidine rings is 1. The van der Waals surface area contributed by atoms with Gasteiger partial charge in [-0.25, -0.2) is 4.79 Å². The van der Waals surface area contributed by atoms with Gasteiger partial charge in [-0.05, 0) is 52.5 Å². The molecule has 1 amide bonds. The van der Waals surface area contributed by atoms with Crippen LogP contribution in [-0.4, -0.2) is 49.4 Å². The molecule has 1 heterocycles. The molecule has 0 saturated carbocycles. The van der Waals surface area contributed by atoms with Gasteiger partial charge in [-0.1, -0.05) is 0 Å². The van der Waals surface area contributed by atoms with E-state index in [1.54, 1.807) is 12.0 Å². The van der Waals surface area contributed by atoms with Crippen LogP contribution in [0.3, 0.4) is 0 Å². The molecule has 0 bridgehead atoms. The van der Waals surface area contributed by atoms with Crippen molar-refractivity contribution in [1.29, 1.82) is 0 Å². The van der Waals surface area contributed by atoms with Gasteiger partial charge in [0, 0.05) is 20.2 Å². The first-order valence-electron chi connectivity index (χ1n) is 7.08. The smallest absolute Gasteiger partial charge is 0.410 e. The minimum atomic E-state index is -0.428. The third kappa shape index (κ3) is 5.37. The highest BCUT2D eigenvalue weighted by Crippen LogP contribution is 2.25. The second kappa shape index (κ2) is 7.10. The molecule has 1 aliphatic heterocycles. The molecule has 5 nitrogen and oxygen atoms in total. The van der Waals surface area contributed by atoms with Crippen LogP contribution in [0.4, 0.5) is 4.79 Å². The molecule has 2 N–H and O–H groups in total. The van der Waals surface area contributed by atoms with E-state index in [9.17, 15) is 4.79 Å². The summed E-state index contributed by atoms with van der Waals surface area (Å²) in [7, 11) is 1.74. The predicted octanol–water partition coefficient (Wildman–Crippen LogP) is 2.00. The summed E-state index contributed by atoms with van der Waals surface area (Å²) in [6.45, 7) is 7.79. The molecule has 1 saturated heterocycles. The first-order chi connectivity index (χ1) is 8.87. The lowest BCUT2D eigenvalue weighted by Gasteiger charge is -2.36. The summed E-state index contributed by atoms with van der Waals surface area (Å²) in [6.07, 6.45) is 2.80. The lowest BCUT2D eigenvalue weighted by atomic mass is 9.89. The van der Waals surface area contributed by atoms with Gasteiger partial charge in [-0.2, -0.15) is 0 Å². The highest BCUT2D eigenvalue weighted by atomic mass is 16.6. The van der Waals surface area contributed by atoms with E-state index in [4.69, 9.17) is 15.2 Å². The Morgan fingerprint density at radius 2 is 1.95 bits per heavy atom. The first-order valence-corrected chi connectivity index (χ1v) is 7.08. The fourth-order valence-electron chi connectivity index (χ4n) is 2.49. The molecule has 0 aromatic heterocycles. The molecule has 5 heteroatoms. The number of hydrogen-bond donors (Lipinski definition) is 1. The topological polar surface area (TPSA) is 64.8 Å². The molecular formula is C14H28N2O3. The maximum absolute atomic E-state index is 11.9. The van der Waals surface area contributed by atoms with E-state index >= 15 is 0 Å². The van der Waals surface area contributed by atoms with Gasteiger partial charge in [0.25, 0.3) is 0 Å². The van der Waals surface area contributed by atoms with E-state index in [2.05, 4.69) is 0 Å². The van der Waals surface area contributed by atoms with Crippen LogP contribution in [0.1, 0.15) is 40.0 Å². The number of carbonyl (C=O) groups excluding carboxylic acids is 1. The van der Waals surface area contributed by atoms with Crippen molar-refractivity contribution in [1.82, 2.24) is 4.90 Å². The Labute approximate surface area is 116 Å². The van der Waals surface area contributed by atoms with Crippen LogP contribution < -0.4 is 5.73 Å².